The van der Waals surface area contributed by atoms with E-state index in [1.165, 1.54) is 19.1 Å². The predicted octanol–water partition coefficient (Wildman–Crippen LogP) is 1.29. The summed E-state index contributed by atoms with van der Waals surface area (Å²) in [6, 6.07) is 8.05. The molecule has 5 heteroatoms. The average molecular weight is 228 g/mol. The molecule has 1 N–H and O–H groups in total. The van der Waals surface area contributed by atoms with Crippen molar-refractivity contribution in [1.29, 1.82) is 0 Å². The number of para-hydroxylation sites is 1. The SMILES string of the molecule is C=C(C(C)O)S(=O)(=O)Oc1ccccc1. The van der Waals surface area contributed by atoms with Crippen LogP contribution in [0.15, 0.2) is 41.8 Å². The topological polar surface area (TPSA) is 63.6 Å². The minimum Gasteiger partial charge on any atom is -0.388 e. The summed E-state index contributed by atoms with van der Waals surface area (Å²) < 4.78 is 27.7. The summed E-state index contributed by atoms with van der Waals surface area (Å²) in [5.74, 6) is 0.194. The zero-order chi connectivity index (χ0) is 11.5. The zero-order valence-electron chi connectivity index (χ0n) is 8.25. The van der Waals surface area contributed by atoms with E-state index in [-0.39, 0.29) is 10.7 Å². The Morgan fingerprint density at radius 3 is 2.40 bits per heavy atom. The molecule has 15 heavy (non-hydrogen) atoms. The lowest BCUT2D eigenvalue weighted by atomic mass is 10.3. The van der Waals surface area contributed by atoms with Crippen LogP contribution in [0.3, 0.4) is 0 Å². The molecule has 0 fully saturated rings. The Bertz CT molecular complexity index is 434. The van der Waals surface area contributed by atoms with E-state index < -0.39 is 16.2 Å². The van der Waals surface area contributed by atoms with Gasteiger partial charge in [-0.1, -0.05) is 24.8 Å². The van der Waals surface area contributed by atoms with Crippen molar-refractivity contribution in [2.45, 2.75) is 13.0 Å². The molecule has 0 aliphatic rings. The van der Waals surface area contributed by atoms with E-state index in [2.05, 4.69) is 6.58 Å². The Balaban J connectivity index is 2.87. The number of hydrogen-bond donors (Lipinski definition) is 1. The lowest BCUT2D eigenvalue weighted by Gasteiger charge is -2.10. The van der Waals surface area contributed by atoms with Crippen molar-refractivity contribution in [3.05, 3.63) is 41.8 Å². The van der Waals surface area contributed by atoms with Gasteiger partial charge in [-0.25, -0.2) is 0 Å². The van der Waals surface area contributed by atoms with E-state index >= 15 is 0 Å². The van der Waals surface area contributed by atoms with Gasteiger partial charge in [-0.05, 0) is 19.1 Å². The highest BCUT2D eigenvalue weighted by Crippen LogP contribution is 2.17. The van der Waals surface area contributed by atoms with Gasteiger partial charge in [0.15, 0.2) is 0 Å². The maximum atomic E-state index is 11.5. The Hall–Kier alpha value is -1.33. The maximum absolute atomic E-state index is 11.5. The Labute approximate surface area is 88.9 Å². The van der Waals surface area contributed by atoms with Gasteiger partial charge in [-0.15, -0.1) is 0 Å². The van der Waals surface area contributed by atoms with Crippen LogP contribution >= 0.6 is 0 Å². The highest BCUT2D eigenvalue weighted by atomic mass is 32.2. The third-order valence-corrected chi connectivity index (χ3v) is 3.13. The normalized spacial score (nSPS) is 13.2. The van der Waals surface area contributed by atoms with Gasteiger partial charge in [0.1, 0.15) is 10.7 Å². The average Bonchev–Trinajstić information content (AvgIpc) is 2.17. The van der Waals surface area contributed by atoms with Crippen LogP contribution in [0.1, 0.15) is 6.92 Å². The van der Waals surface area contributed by atoms with E-state index in [0.717, 1.165) is 0 Å². The Morgan fingerprint density at radius 2 is 1.93 bits per heavy atom. The van der Waals surface area contributed by atoms with Crippen molar-refractivity contribution >= 4 is 10.1 Å². The van der Waals surface area contributed by atoms with Crippen LogP contribution in [0.4, 0.5) is 0 Å². The molecule has 0 aliphatic heterocycles. The Morgan fingerprint density at radius 1 is 1.40 bits per heavy atom. The van der Waals surface area contributed by atoms with Crippen molar-refractivity contribution in [2.75, 3.05) is 0 Å². The first-order valence-electron chi connectivity index (χ1n) is 4.30. The minimum absolute atomic E-state index is 0.194. The van der Waals surface area contributed by atoms with E-state index in [1.54, 1.807) is 18.2 Å². The molecule has 4 nitrogen and oxygen atoms in total. The third kappa shape index (κ3) is 3.07. The number of aliphatic hydroxyl groups excluding tert-OH is 1. The third-order valence-electron chi connectivity index (χ3n) is 1.74. The summed E-state index contributed by atoms with van der Waals surface area (Å²) in [6.45, 7) is 4.57. The molecule has 82 valence electrons. The second-order valence-electron chi connectivity index (χ2n) is 2.99. The molecule has 0 aromatic heterocycles. The van der Waals surface area contributed by atoms with Crippen LogP contribution in [0.25, 0.3) is 0 Å². The summed E-state index contributed by atoms with van der Waals surface area (Å²) >= 11 is 0. The van der Waals surface area contributed by atoms with Crippen LogP contribution in [0.2, 0.25) is 0 Å². The van der Waals surface area contributed by atoms with Crippen LogP contribution < -0.4 is 4.18 Å². The molecule has 0 radical (unpaired) electrons. The van der Waals surface area contributed by atoms with Crippen LogP contribution in [-0.2, 0) is 10.1 Å². The smallest absolute Gasteiger partial charge is 0.337 e. The molecular formula is C10H12O4S. The van der Waals surface area contributed by atoms with Gasteiger partial charge in [0.25, 0.3) is 0 Å². The van der Waals surface area contributed by atoms with Gasteiger partial charge in [0.05, 0.1) is 6.10 Å². The fraction of sp³-hybridized carbons (Fsp3) is 0.200. The van der Waals surface area contributed by atoms with Gasteiger partial charge in [-0.2, -0.15) is 8.42 Å². The number of hydrogen-bond acceptors (Lipinski definition) is 4. The minimum atomic E-state index is -3.96. The van der Waals surface area contributed by atoms with Gasteiger partial charge in [-0.3, -0.25) is 0 Å². The summed E-state index contributed by atoms with van der Waals surface area (Å²) in [5.41, 5.74) is 0. The molecule has 0 saturated heterocycles. The maximum Gasteiger partial charge on any atom is 0.337 e. The second-order valence-corrected chi connectivity index (χ2v) is 4.59. The quantitative estimate of drug-likeness (QED) is 0.789. The van der Waals surface area contributed by atoms with Crippen LogP contribution in [0, 0.1) is 0 Å². The van der Waals surface area contributed by atoms with E-state index in [1.807, 2.05) is 0 Å². The summed E-state index contributed by atoms with van der Waals surface area (Å²) in [5, 5.41) is 9.08. The molecule has 0 amide bonds. The highest BCUT2D eigenvalue weighted by molar-refractivity contribution is 7.91. The van der Waals surface area contributed by atoms with Crippen molar-refractivity contribution in [1.82, 2.24) is 0 Å². The first kappa shape index (κ1) is 11.7. The summed E-state index contributed by atoms with van der Waals surface area (Å²) in [6.07, 6.45) is -1.15. The zero-order valence-corrected chi connectivity index (χ0v) is 9.07. The summed E-state index contributed by atoms with van der Waals surface area (Å²) in [4.78, 5) is -0.355. The van der Waals surface area contributed by atoms with Crippen molar-refractivity contribution in [3.8, 4) is 5.75 Å². The molecular weight excluding hydrogens is 216 g/mol. The molecule has 1 aromatic carbocycles. The first-order chi connectivity index (χ1) is 6.93. The predicted molar refractivity (Wildman–Crippen MR) is 56.8 cm³/mol. The van der Waals surface area contributed by atoms with Crippen molar-refractivity contribution < 1.29 is 17.7 Å². The summed E-state index contributed by atoms with van der Waals surface area (Å²) in [7, 11) is -3.96. The van der Waals surface area contributed by atoms with Crippen LogP contribution in [0.5, 0.6) is 5.75 Å². The van der Waals surface area contributed by atoms with Gasteiger partial charge in [0, 0.05) is 0 Å². The fourth-order valence-corrected chi connectivity index (χ4v) is 1.75. The van der Waals surface area contributed by atoms with Crippen molar-refractivity contribution in [2.24, 2.45) is 0 Å². The molecule has 0 spiro atoms. The van der Waals surface area contributed by atoms with E-state index in [9.17, 15) is 8.42 Å². The molecule has 1 rings (SSSR count). The van der Waals surface area contributed by atoms with E-state index in [4.69, 9.17) is 9.29 Å². The Kier molecular flexibility index (Phi) is 3.49. The van der Waals surface area contributed by atoms with Gasteiger partial charge < -0.3 is 9.29 Å². The van der Waals surface area contributed by atoms with Gasteiger partial charge >= 0.3 is 10.1 Å². The monoisotopic (exact) mass is 228 g/mol. The molecule has 1 aromatic rings. The van der Waals surface area contributed by atoms with Gasteiger partial charge in [0.2, 0.25) is 0 Å². The number of benzene rings is 1. The fourth-order valence-electron chi connectivity index (χ4n) is 0.865. The molecule has 0 heterocycles. The van der Waals surface area contributed by atoms with Crippen molar-refractivity contribution in [3.63, 3.8) is 0 Å². The lowest BCUT2D eigenvalue weighted by Crippen LogP contribution is -2.19. The molecule has 1 atom stereocenters. The van der Waals surface area contributed by atoms with Crippen LogP contribution in [-0.4, -0.2) is 19.6 Å². The molecule has 0 bridgehead atoms. The molecule has 0 saturated carbocycles. The first-order valence-corrected chi connectivity index (χ1v) is 5.70. The number of aliphatic hydroxyl groups is 1. The second kappa shape index (κ2) is 4.46. The van der Waals surface area contributed by atoms with E-state index in [0.29, 0.717) is 0 Å². The largest absolute Gasteiger partial charge is 0.388 e. The standard InChI is InChI=1S/C10H12O4S/c1-8(11)9(2)15(12,13)14-10-6-4-3-5-7-10/h3-8,11H,2H2,1H3. The highest BCUT2D eigenvalue weighted by Gasteiger charge is 2.21. The lowest BCUT2D eigenvalue weighted by molar-refractivity contribution is 0.237. The number of rotatable bonds is 4. The molecule has 0 aliphatic carbocycles. The molecule has 1 unspecified atom stereocenters.